The fraction of sp³-hybridized carbons (Fsp3) is 0.385. The van der Waals surface area contributed by atoms with Gasteiger partial charge in [0.1, 0.15) is 5.84 Å². The molecule has 0 amide bonds. The van der Waals surface area contributed by atoms with Gasteiger partial charge in [0.25, 0.3) is 0 Å². The van der Waals surface area contributed by atoms with E-state index in [2.05, 4.69) is 16.6 Å². The lowest BCUT2D eigenvalue weighted by Crippen LogP contribution is -2.29. The van der Waals surface area contributed by atoms with Crippen LogP contribution in [0.3, 0.4) is 0 Å². The SMILES string of the molecule is C=CC=N/C=C/CN(C)C(=NC)/C(C)=C(/C)N. The van der Waals surface area contributed by atoms with Gasteiger partial charge in [-0.2, -0.15) is 0 Å². The van der Waals surface area contributed by atoms with Crippen molar-refractivity contribution in [2.24, 2.45) is 15.7 Å². The van der Waals surface area contributed by atoms with E-state index in [1.165, 1.54) is 0 Å². The monoisotopic (exact) mass is 234 g/mol. The zero-order valence-electron chi connectivity index (χ0n) is 11.1. The summed E-state index contributed by atoms with van der Waals surface area (Å²) >= 11 is 0. The van der Waals surface area contributed by atoms with E-state index < -0.39 is 0 Å². The van der Waals surface area contributed by atoms with E-state index in [0.717, 1.165) is 23.7 Å². The summed E-state index contributed by atoms with van der Waals surface area (Å²) < 4.78 is 0. The van der Waals surface area contributed by atoms with Crippen LogP contribution in [0.1, 0.15) is 13.8 Å². The molecule has 0 aliphatic heterocycles. The van der Waals surface area contributed by atoms with E-state index in [1.807, 2.05) is 31.9 Å². The Labute approximate surface area is 104 Å². The van der Waals surface area contributed by atoms with Gasteiger partial charge >= 0.3 is 0 Å². The zero-order chi connectivity index (χ0) is 13.3. The first-order valence-electron chi connectivity index (χ1n) is 5.45. The molecule has 0 radical (unpaired) electrons. The van der Waals surface area contributed by atoms with Crippen LogP contribution in [0, 0.1) is 0 Å². The van der Waals surface area contributed by atoms with Gasteiger partial charge in [0.15, 0.2) is 0 Å². The summed E-state index contributed by atoms with van der Waals surface area (Å²) in [5.41, 5.74) is 7.55. The molecule has 0 fully saturated rings. The summed E-state index contributed by atoms with van der Waals surface area (Å²) in [6.07, 6.45) is 6.96. The largest absolute Gasteiger partial charge is 0.402 e. The van der Waals surface area contributed by atoms with Crippen LogP contribution in [0.2, 0.25) is 0 Å². The highest BCUT2D eigenvalue weighted by Crippen LogP contribution is 2.04. The number of hydrogen-bond acceptors (Lipinski definition) is 3. The second kappa shape index (κ2) is 8.33. The van der Waals surface area contributed by atoms with Gasteiger partial charge in [0, 0.05) is 44.3 Å². The lowest BCUT2D eigenvalue weighted by molar-refractivity contribution is 0.561. The molecule has 0 rings (SSSR count). The van der Waals surface area contributed by atoms with Crippen molar-refractivity contribution in [3.63, 3.8) is 0 Å². The minimum atomic E-state index is 0.728. The third-order valence-corrected chi connectivity index (χ3v) is 2.26. The van der Waals surface area contributed by atoms with Crippen molar-refractivity contribution in [1.82, 2.24) is 4.90 Å². The Morgan fingerprint density at radius 2 is 2.06 bits per heavy atom. The van der Waals surface area contributed by atoms with E-state index in [1.54, 1.807) is 25.5 Å². The van der Waals surface area contributed by atoms with E-state index in [-0.39, 0.29) is 0 Å². The summed E-state index contributed by atoms with van der Waals surface area (Å²) in [5, 5.41) is 0. The quantitative estimate of drug-likeness (QED) is 0.584. The highest BCUT2D eigenvalue weighted by atomic mass is 15.2. The molecule has 94 valence electrons. The van der Waals surface area contributed by atoms with Crippen LogP contribution in [0.25, 0.3) is 0 Å². The third kappa shape index (κ3) is 5.70. The molecule has 0 saturated carbocycles. The first-order chi connectivity index (χ1) is 8.04. The Morgan fingerprint density at radius 3 is 2.53 bits per heavy atom. The maximum atomic E-state index is 5.76. The van der Waals surface area contributed by atoms with Crippen LogP contribution in [0.15, 0.2) is 46.2 Å². The number of amidine groups is 1. The Balaban J connectivity index is 4.54. The zero-order valence-corrected chi connectivity index (χ0v) is 11.1. The number of likely N-dealkylation sites (N-methyl/N-ethyl adjacent to an activating group) is 1. The van der Waals surface area contributed by atoms with Crippen LogP contribution in [0.4, 0.5) is 0 Å². The number of nitrogens with zero attached hydrogens (tertiary/aromatic N) is 3. The molecule has 0 aromatic carbocycles. The normalized spacial score (nSPS) is 14.2. The predicted molar refractivity (Wildman–Crippen MR) is 76.4 cm³/mol. The molecule has 0 aliphatic rings. The smallest absolute Gasteiger partial charge is 0.127 e. The minimum absolute atomic E-state index is 0.728. The van der Waals surface area contributed by atoms with Gasteiger partial charge in [-0.05, 0) is 19.9 Å². The van der Waals surface area contributed by atoms with E-state index >= 15 is 0 Å². The van der Waals surface area contributed by atoms with Gasteiger partial charge in [-0.25, -0.2) is 0 Å². The highest BCUT2D eigenvalue weighted by molar-refractivity contribution is 5.98. The first kappa shape index (κ1) is 15.2. The lowest BCUT2D eigenvalue weighted by atomic mass is 10.2. The van der Waals surface area contributed by atoms with Crippen LogP contribution < -0.4 is 5.73 Å². The summed E-state index contributed by atoms with van der Waals surface area (Å²) in [6, 6.07) is 0. The second-order valence-electron chi connectivity index (χ2n) is 3.65. The lowest BCUT2D eigenvalue weighted by Gasteiger charge is -2.20. The summed E-state index contributed by atoms with van der Waals surface area (Å²) in [7, 11) is 3.73. The van der Waals surface area contributed by atoms with Gasteiger partial charge in [-0.15, -0.1) is 0 Å². The molecule has 0 aromatic heterocycles. The topological polar surface area (TPSA) is 54.0 Å². The van der Waals surface area contributed by atoms with Crippen LogP contribution in [-0.4, -0.2) is 37.6 Å². The number of allylic oxidation sites excluding steroid dienone is 2. The Morgan fingerprint density at radius 1 is 1.41 bits per heavy atom. The highest BCUT2D eigenvalue weighted by Gasteiger charge is 2.07. The van der Waals surface area contributed by atoms with Gasteiger partial charge in [0.2, 0.25) is 0 Å². The number of rotatable bonds is 5. The van der Waals surface area contributed by atoms with E-state index in [0.29, 0.717) is 0 Å². The van der Waals surface area contributed by atoms with Crippen molar-refractivity contribution in [1.29, 1.82) is 0 Å². The fourth-order valence-electron chi connectivity index (χ4n) is 1.26. The number of hydrogen-bond donors (Lipinski definition) is 1. The molecule has 4 nitrogen and oxygen atoms in total. The van der Waals surface area contributed by atoms with Crippen LogP contribution in [-0.2, 0) is 0 Å². The number of nitrogens with two attached hydrogens (primary N) is 1. The molecule has 0 spiro atoms. The molecule has 2 N–H and O–H groups in total. The van der Waals surface area contributed by atoms with Crippen molar-refractivity contribution < 1.29 is 0 Å². The number of aliphatic imine (C=N–C) groups is 2. The van der Waals surface area contributed by atoms with Crippen LogP contribution in [0.5, 0.6) is 0 Å². The van der Waals surface area contributed by atoms with Crippen molar-refractivity contribution in [3.8, 4) is 0 Å². The molecular formula is C13H22N4. The maximum absolute atomic E-state index is 5.76. The van der Waals surface area contributed by atoms with Crippen molar-refractivity contribution >= 4 is 12.1 Å². The Hall–Kier alpha value is -1.84. The molecule has 0 atom stereocenters. The molecule has 17 heavy (non-hydrogen) atoms. The third-order valence-electron chi connectivity index (χ3n) is 2.26. The van der Waals surface area contributed by atoms with Crippen LogP contribution >= 0.6 is 0 Å². The molecule has 4 heteroatoms. The molecule has 0 aromatic rings. The van der Waals surface area contributed by atoms with Crippen molar-refractivity contribution in [3.05, 3.63) is 36.2 Å². The van der Waals surface area contributed by atoms with Gasteiger partial charge in [-0.1, -0.05) is 12.7 Å². The molecule has 0 heterocycles. The van der Waals surface area contributed by atoms with Gasteiger partial charge in [0.05, 0.1) is 0 Å². The summed E-state index contributed by atoms with van der Waals surface area (Å²) in [6.45, 7) is 8.11. The first-order valence-corrected chi connectivity index (χ1v) is 5.45. The average molecular weight is 234 g/mol. The molecule has 0 saturated heterocycles. The van der Waals surface area contributed by atoms with E-state index in [4.69, 9.17) is 5.73 Å². The van der Waals surface area contributed by atoms with E-state index in [9.17, 15) is 0 Å². The van der Waals surface area contributed by atoms with Gasteiger partial charge in [-0.3, -0.25) is 9.98 Å². The summed E-state index contributed by atoms with van der Waals surface area (Å²) in [5.74, 6) is 0.891. The molecule has 0 bridgehead atoms. The maximum Gasteiger partial charge on any atom is 0.127 e. The molecule has 0 aliphatic carbocycles. The standard InChI is InChI=1S/C13H22N4/c1-6-8-16-9-7-10-17(5)13(15-4)11(2)12(3)14/h6-9H,1,10,14H2,2-5H3/b9-7+,12-11-,15-13?,16-8?. The minimum Gasteiger partial charge on any atom is -0.402 e. The Bertz CT molecular complexity index is 358. The Kier molecular flexibility index (Phi) is 7.43. The van der Waals surface area contributed by atoms with Crippen molar-refractivity contribution in [2.45, 2.75) is 13.8 Å². The summed E-state index contributed by atoms with van der Waals surface area (Å²) in [4.78, 5) is 10.3. The fourth-order valence-corrected chi connectivity index (χ4v) is 1.26. The second-order valence-corrected chi connectivity index (χ2v) is 3.65. The van der Waals surface area contributed by atoms with Crippen molar-refractivity contribution in [2.75, 3.05) is 20.6 Å². The van der Waals surface area contributed by atoms with Gasteiger partial charge < -0.3 is 10.6 Å². The predicted octanol–water partition coefficient (Wildman–Crippen LogP) is 1.97. The molecule has 0 unspecified atom stereocenters. The molecular weight excluding hydrogens is 212 g/mol. The average Bonchev–Trinajstić information content (AvgIpc) is 2.29.